The molecule has 102 valence electrons. The number of nitrogens with one attached hydrogen (secondary N) is 2. The monoisotopic (exact) mass is 279 g/mol. The Morgan fingerprint density at radius 3 is 2.74 bits per heavy atom. The summed E-state index contributed by atoms with van der Waals surface area (Å²) in [5, 5.41) is 10.1. The molecule has 0 aliphatic rings. The van der Waals surface area contributed by atoms with Crippen molar-refractivity contribution in [1.29, 1.82) is 5.41 Å². The summed E-state index contributed by atoms with van der Waals surface area (Å²) in [7, 11) is 0. The number of nitrogens with zero attached hydrogens (tertiary/aromatic N) is 1. The van der Waals surface area contributed by atoms with Crippen molar-refractivity contribution in [3.63, 3.8) is 0 Å². The topological polar surface area (TPSA) is 117 Å². The van der Waals surface area contributed by atoms with Gasteiger partial charge in [0.15, 0.2) is 11.1 Å². The molecule has 0 aliphatic heterocycles. The number of guanidine groups is 1. The van der Waals surface area contributed by atoms with Crippen molar-refractivity contribution >= 4 is 34.5 Å². The fourth-order valence-corrected chi connectivity index (χ4v) is 1.85. The zero-order chi connectivity index (χ0) is 14.4. The quantitative estimate of drug-likeness (QED) is 0.491. The summed E-state index contributed by atoms with van der Waals surface area (Å²) in [5.74, 6) is -0.301. The number of nitrogens with two attached hydrogens (primary N) is 2. The van der Waals surface area contributed by atoms with E-state index < -0.39 is 0 Å². The summed E-state index contributed by atoms with van der Waals surface area (Å²) in [6.07, 6.45) is 0. The van der Waals surface area contributed by atoms with Gasteiger partial charge in [0.25, 0.3) is 0 Å². The SMILES string of the molecule is Cc1ccc(C)c(NC(=O)CSC(=N)N=C(N)N)c1. The van der Waals surface area contributed by atoms with E-state index in [0.29, 0.717) is 0 Å². The largest absolute Gasteiger partial charge is 0.370 e. The van der Waals surface area contributed by atoms with Crippen molar-refractivity contribution in [2.45, 2.75) is 13.8 Å². The van der Waals surface area contributed by atoms with E-state index in [9.17, 15) is 4.79 Å². The fraction of sp³-hybridized carbons (Fsp3) is 0.250. The highest BCUT2D eigenvalue weighted by atomic mass is 32.2. The molecular weight excluding hydrogens is 262 g/mol. The van der Waals surface area contributed by atoms with Gasteiger partial charge in [0.1, 0.15) is 0 Å². The van der Waals surface area contributed by atoms with E-state index in [1.54, 1.807) is 0 Å². The number of carbonyl (C=O) groups is 1. The van der Waals surface area contributed by atoms with E-state index in [0.717, 1.165) is 28.6 Å². The average molecular weight is 279 g/mol. The molecule has 0 saturated heterocycles. The minimum atomic E-state index is -0.200. The lowest BCUT2D eigenvalue weighted by Gasteiger charge is -2.08. The highest BCUT2D eigenvalue weighted by molar-refractivity contribution is 8.14. The van der Waals surface area contributed by atoms with Crippen LogP contribution in [0, 0.1) is 19.3 Å². The Hall–Kier alpha value is -2.02. The number of amides is 1. The number of amidine groups is 1. The van der Waals surface area contributed by atoms with Gasteiger partial charge >= 0.3 is 0 Å². The molecule has 0 bridgehead atoms. The first-order chi connectivity index (χ1) is 8.88. The second-order valence-electron chi connectivity index (χ2n) is 4.00. The Labute approximate surface area is 116 Å². The molecule has 0 atom stereocenters. The van der Waals surface area contributed by atoms with Gasteiger partial charge < -0.3 is 16.8 Å². The van der Waals surface area contributed by atoms with E-state index in [2.05, 4.69) is 10.3 Å². The van der Waals surface area contributed by atoms with Gasteiger partial charge in [-0.25, -0.2) is 0 Å². The van der Waals surface area contributed by atoms with Gasteiger partial charge in [-0.3, -0.25) is 10.2 Å². The second-order valence-corrected chi connectivity index (χ2v) is 4.96. The molecule has 0 heterocycles. The van der Waals surface area contributed by atoms with Crippen molar-refractivity contribution in [3.8, 4) is 0 Å². The van der Waals surface area contributed by atoms with Gasteiger partial charge in [0, 0.05) is 5.69 Å². The first kappa shape index (κ1) is 15.0. The second kappa shape index (κ2) is 6.79. The summed E-state index contributed by atoms with van der Waals surface area (Å²) in [6.45, 7) is 3.88. The Kier molecular flexibility index (Phi) is 5.37. The van der Waals surface area contributed by atoms with E-state index in [-0.39, 0.29) is 22.8 Å². The summed E-state index contributed by atoms with van der Waals surface area (Å²) in [4.78, 5) is 15.3. The smallest absolute Gasteiger partial charge is 0.234 e. The van der Waals surface area contributed by atoms with Gasteiger partial charge in [-0.1, -0.05) is 23.9 Å². The zero-order valence-corrected chi connectivity index (χ0v) is 11.7. The molecule has 1 rings (SSSR count). The molecule has 19 heavy (non-hydrogen) atoms. The molecule has 0 aromatic heterocycles. The highest BCUT2D eigenvalue weighted by Gasteiger charge is 2.07. The van der Waals surface area contributed by atoms with E-state index >= 15 is 0 Å². The molecule has 1 amide bonds. The number of thioether (sulfide) groups is 1. The molecule has 1 aromatic rings. The highest BCUT2D eigenvalue weighted by Crippen LogP contribution is 2.16. The maximum Gasteiger partial charge on any atom is 0.234 e. The first-order valence-corrected chi connectivity index (χ1v) is 6.55. The van der Waals surface area contributed by atoms with Gasteiger partial charge in [-0.2, -0.15) is 4.99 Å². The summed E-state index contributed by atoms with van der Waals surface area (Å²) < 4.78 is 0. The number of aryl methyl sites for hydroxylation is 2. The number of carbonyl (C=O) groups excluding carboxylic acids is 1. The van der Waals surface area contributed by atoms with E-state index in [4.69, 9.17) is 16.9 Å². The third-order valence-electron chi connectivity index (χ3n) is 2.24. The van der Waals surface area contributed by atoms with Gasteiger partial charge in [-0.15, -0.1) is 0 Å². The molecule has 0 aliphatic carbocycles. The van der Waals surface area contributed by atoms with Gasteiger partial charge in [0.2, 0.25) is 5.91 Å². The minimum absolute atomic E-state index is 0.0863. The molecule has 6 N–H and O–H groups in total. The lowest BCUT2D eigenvalue weighted by atomic mass is 10.1. The lowest BCUT2D eigenvalue weighted by Crippen LogP contribution is -2.24. The van der Waals surface area contributed by atoms with Crippen LogP contribution in [0.25, 0.3) is 0 Å². The van der Waals surface area contributed by atoms with Crippen molar-refractivity contribution in [2.75, 3.05) is 11.1 Å². The predicted octanol–water partition coefficient (Wildman–Crippen LogP) is 1.18. The number of hydrogen-bond acceptors (Lipinski definition) is 3. The zero-order valence-electron chi connectivity index (χ0n) is 10.9. The Morgan fingerprint density at radius 2 is 2.11 bits per heavy atom. The molecule has 0 unspecified atom stereocenters. The van der Waals surface area contributed by atoms with Crippen LogP contribution in [0.1, 0.15) is 11.1 Å². The van der Waals surface area contributed by atoms with Crippen LogP contribution in [-0.2, 0) is 4.79 Å². The van der Waals surface area contributed by atoms with Crippen LogP contribution in [0.2, 0.25) is 0 Å². The fourth-order valence-electron chi connectivity index (χ4n) is 1.34. The first-order valence-electron chi connectivity index (χ1n) is 5.56. The molecule has 6 nitrogen and oxygen atoms in total. The molecule has 7 heteroatoms. The average Bonchev–Trinajstić information content (AvgIpc) is 2.30. The van der Waals surface area contributed by atoms with Crippen LogP contribution < -0.4 is 16.8 Å². The Morgan fingerprint density at radius 1 is 1.42 bits per heavy atom. The van der Waals surface area contributed by atoms with E-state index in [1.807, 2.05) is 32.0 Å². The molecule has 1 aromatic carbocycles. The van der Waals surface area contributed by atoms with E-state index in [1.165, 1.54) is 0 Å². The van der Waals surface area contributed by atoms with Crippen LogP contribution in [0.3, 0.4) is 0 Å². The van der Waals surface area contributed by atoms with Crippen LogP contribution in [-0.4, -0.2) is 22.8 Å². The standard InChI is InChI=1S/C12H17N5OS/c1-7-3-4-8(2)9(5-7)16-10(18)6-19-12(15)17-11(13)14/h3-5H,6H2,1-2H3,(H,16,18)(H5,13,14,15,17). The van der Waals surface area contributed by atoms with Crippen molar-refractivity contribution in [3.05, 3.63) is 29.3 Å². The Bertz CT molecular complexity index is 523. The molecule has 0 radical (unpaired) electrons. The Balaban J connectivity index is 2.54. The maximum atomic E-state index is 11.7. The maximum absolute atomic E-state index is 11.7. The molecule has 0 spiro atoms. The van der Waals surface area contributed by atoms with Crippen molar-refractivity contribution in [2.24, 2.45) is 16.5 Å². The van der Waals surface area contributed by atoms with Crippen LogP contribution >= 0.6 is 11.8 Å². The van der Waals surface area contributed by atoms with Crippen LogP contribution in [0.15, 0.2) is 23.2 Å². The lowest BCUT2D eigenvalue weighted by molar-refractivity contribution is -0.113. The van der Waals surface area contributed by atoms with Gasteiger partial charge in [-0.05, 0) is 31.0 Å². The molecular formula is C12H17N5OS. The molecule has 0 fully saturated rings. The third-order valence-corrected chi connectivity index (χ3v) is 3.01. The number of aliphatic imine (C=N–C) groups is 1. The molecule has 0 saturated carbocycles. The number of rotatable bonds is 3. The van der Waals surface area contributed by atoms with Crippen molar-refractivity contribution in [1.82, 2.24) is 0 Å². The summed E-state index contributed by atoms with van der Waals surface area (Å²) in [6, 6.07) is 5.83. The van der Waals surface area contributed by atoms with Crippen molar-refractivity contribution < 1.29 is 4.79 Å². The third kappa shape index (κ3) is 5.43. The summed E-state index contributed by atoms with van der Waals surface area (Å²) in [5.41, 5.74) is 13.1. The van der Waals surface area contributed by atoms with Gasteiger partial charge in [0.05, 0.1) is 5.75 Å². The predicted molar refractivity (Wildman–Crippen MR) is 80.5 cm³/mol. The normalized spacial score (nSPS) is 9.79. The summed E-state index contributed by atoms with van der Waals surface area (Å²) >= 11 is 0.966. The number of hydrogen-bond donors (Lipinski definition) is 4. The number of benzene rings is 1. The number of anilines is 1. The van der Waals surface area contributed by atoms with Crippen LogP contribution in [0.4, 0.5) is 5.69 Å². The van der Waals surface area contributed by atoms with Crippen LogP contribution in [0.5, 0.6) is 0 Å². The minimum Gasteiger partial charge on any atom is -0.370 e.